The number of hydrogen-bond acceptors (Lipinski definition) is 7. The summed E-state index contributed by atoms with van der Waals surface area (Å²) in [7, 11) is 0. The molecule has 12 heteroatoms. The molecule has 0 unspecified atom stereocenters. The SMILES string of the molecule is CCOC(=O)c1csc(-c2cc(Cl)nc(Cl)c2)n1.NC(=S)c1cc(Cl)nc(Cl)c1. The fourth-order valence-corrected chi connectivity index (χ4v) is 3.72. The molecule has 0 radical (unpaired) electrons. The largest absolute Gasteiger partial charge is 0.461 e. The van der Waals surface area contributed by atoms with Crippen molar-refractivity contribution < 1.29 is 9.53 Å². The Labute approximate surface area is 195 Å². The van der Waals surface area contributed by atoms with Crippen LogP contribution in [0.15, 0.2) is 29.6 Å². The number of rotatable bonds is 4. The first kappa shape index (κ1) is 23.7. The van der Waals surface area contributed by atoms with Crippen molar-refractivity contribution in [3.63, 3.8) is 0 Å². The quantitative estimate of drug-likeness (QED) is 0.273. The first-order chi connectivity index (χ1) is 13.7. The van der Waals surface area contributed by atoms with Gasteiger partial charge < -0.3 is 10.5 Å². The van der Waals surface area contributed by atoms with E-state index in [1.807, 2.05) is 0 Å². The van der Waals surface area contributed by atoms with Gasteiger partial charge in [0.15, 0.2) is 5.69 Å². The van der Waals surface area contributed by atoms with Gasteiger partial charge in [-0.3, -0.25) is 0 Å². The molecule has 0 aliphatic heterocycles. The van der Waals surface area contributed by atoms with E-state index in [1.165, 1.54) is 11.3 Å². The van der Waals surface area contributed by atoms with Gasteiger partial charge in [0.1, 0.15) is 30.6 Å². The molecule has 0 fully saturated rings. The highest BCUT2D eigenvalue weighted by Gasteiger charge is 2.13. The summed E-state index contributed by atoms with van der Waals surface area (Å²) >= 11 is 28.8. The monoisotopic (exact) mass is 508 g/mol. The summed E-state index contributed by atoms with van der Waals surface area (Å²) in [6.45, 7) is 2.06. The molecule has 0 aliphatic carbocycles. The number of nitrogens with zero attached hydrogens (tertiary/aromatic N) is 3. The van der Waals surface area contributed by atoms with Gasteiger partial charge in [0.05, 0.1) is 6.61 Å². The van der Waals surface area contributed by atoms with Gasteiger partial charge in [-0.25, -0.2) is 19.7 Å². The lowest BCUT2D eigenvalue weighted by Gasteiger charge is -1.98. The molecule has 3 aromatic heterocycles. The lowest BCUT2D eigenvalue weighted by atomic mass is 10.3. The number of nitrogens with two attached hydrogens (primary N) is 1. The number of esters is 1. The van der Waals surface area contributed by atoms with E-state index >= 15 is 0 Å². The van der Waals surface area contributed by atoms with Gasteiger partial charge in [-0.05, 0) is 31.2 Å². The second-order valence-corrected chi connectivity index (χ2v) is 7.97. The van der Waals surface area contributed by atoms with Crippen molar-refractivity contribution in [1.82, 2.24) is 15.0 Å². The van der Waals surface area contributed by atoms with E-state index in [0.29, 0.717) is 27.5 Å². The predicted molar refractivity (Wildman–Crippen MR) is 121 cm³/mol. The number of carbonyl (C=O) groups excluding carboxylic acids is 1. The summed E-state index contributed by atoms with van der Waals surface area (Å²) in [5, 5.41) is 3.43. The average molecular weight is 510 g/mol. The van der Waals surface area contributed by atoms with E-state index in [2.05, 4.69) is 15.0 Å². The minimum Gasteiger partial charge on any atom is -0.461 e. The van der Waals surface area contributed by atoms with Crippen LogP contribution in [0.2, 0.25) is 20.6 Å². The molecule has 6 nitrogen and oxygen atoms in total. The Morgan fingerprint density at radius 3 is 2.03 bits per heavy atom. The van der Waals surface area contributed by atoms with Crippen LogP contribution in [0.3, 0.4) is 0 Å². The van der Waals surface area contributed by atoms with Crippen molar-refractivity contribution in [2.45, 2.75) is 6.92 Å². The van der Waals surface area contributed by atoms with E-state index in [4.69, 9.17) is 69.1 Å². The van der Waals surface area contributed by atoms with E-state index < -0.39 is 5.97 Å². The van der Waals surface area contributed by atoms with Crippen molar-refractivity contribution in [2.75, 3.05) is 6.61 Å². The molecule has 3 heterocycles. The molecule has 2 N–H and O–H groups in total. The summed E-state index contributed by atoms with van der Waals surface area (Å²) in [6.07, 6.45) is 0. The van der Waals surface area contributed by atoms with Gasteiger partial charge in [0, 0.05) is 16.5 Å². The van der Waals surface area contributed by atoms with E-state index in [9.17, 15) is 4.79 Å². The molecule has 0 amide bonds. The molecule has 0 aliphatic rings. The van der Waals surface area contributed by atoms with Crippen LogP contribution in [-0.2, 0) is 4.74 Å². The van der Waals surface area contributed by atoms with Crippen molar-refractivity contribution in [3.05, 3.63) is 61.5 Å². The minimum absolute atomic E-state index is 0.260. The Bertz CT molecular complexity index is 1010. The second kappa shape index (κ2) is 11.0. The fraction of sp³-hybridized carbons (Fsp3) is 0.118. The number of thiocarbonyl (C=S) groups is 1. The lowest BCUT2D eigenvalue weighted by molar-refractivity contribution is 0.0520. The highest BCUT2D eigenvalue weighted by atomic mass is 35.5. The molecule has 0 saturated carbocycles. The Morgan fingerprint density at radius 2 is 1.55 bits per heavy atom. The maximum atomic E-state index is 11.5. The van der Waals surface area contributed by atoms with Crippen molar-refractivity contribution >= 4 is 80.9 Å². The van der Waals surface area contributed by atoms with Crippen molar-refractivity contribution in [1.29, 1.82) is 0 Å². The number of pyridine rings is 2. The molecule has 0 aromatic carbocycles. The third kappa shape index (κ3) is 7.33. The number of halogens is 4. The smallest absolute Gasteiger partial charge is 0.357 e. The Hall–Kier alpha value is -1.55. The highest BCUT2D eigenvalue weighted by molar-refractivity contribution is 7.80. The lowest BCUT2D eigenvalue weighted by Crippen LogP contribution is -2.09. The topological polar surface area (TPSA) is 91.0 Å². The van der Waals surface area contributed by atoms with Crippen LogP contribution in [0.1, 0.15) is 23.0 Å². The number of ether oxygens (including phenoxy) is 1. The van der Waals surface area contributed by atoms with Gasteiger partial charge in [-0.15, -0.1) is 11.3 Å². The van der Waals surface area contributed by atoms with Crippen LogP contribution in [0.5, 0.6) is 0 Å². The molecule has 3 rings (SSSR count). The van der Waals surface area contributed by atoms with Crippen LogP contribution in [0.4, 0.5) is 0 Å². The second-order valence-electron chi connectivity index (χ2n) is 5.13. The molecule has 29 heavy (non-hydrogen) atoms. The highest BCUT2D eigenvalue weighted by Crippen LogP contribution is 2.27. The van der Waals surface area contributed by atoms with Gasteiger partial charge >= 0.3 is 5.97 Å². The first-order valence-corrected chi connectivity index (χ1v) is 10.6. The normalized spacial score (nSPS) is 10.1. The zero-order valence-corrected chi connectivity index (χ0v) is 19.3. The Kier molecular flexibility index (Phi) is 9.01. The van der Waals surface area contributed by atoms with E-state index in [0.717, 1.165) is 5.56 Å². The molecule has 0 saturated heterocycles. The van der Waals surface area contributed by atoms with Gasteiger partial charge in [0.2, 0.25) is 0 Å². The van der Waals surface area contributed by atoms with Crippen LogP contribution >= 0.6 is 70.0 Å². The first-order valence-electron chi connectivity index (χ1n) is 7.78. The predicted octanol–water partition coefficient (Wildman–Crippen LogP) is 5.71. The molecule has 0 spiro atoms. The van der Waals surface area contributed by atoms with Crippen molar-refractivity contribution in [3.8, 4) is 10.6 Å². The van der Waals surface area contributed by atoms with E-state index in [-0.39, 0.29) is 21.0 Å². The molecule has 152 valence electrons. The third-order valence-corrected chi connectivity index (χ3v) is 4.95. The summed E-state index contributed by atoms with van der Waals surface area (Å²) < 4.78 is 4.87. The van der Waals surface area contributed by atoms with Gasteiger partial charge in [0.25, 0.3) is 0 Å². The molecular formula is C17H12Cl4N4O2S2. The number of hydrogen-bond donors (Lipinski definition) is 1. The Balaban J connectivity index is 0.000000234. The maximum Gasteiger partial charge on any atom is 0.357 e. The zero-order valence-electron chi connectivity index (χ0n) is 14.7. The fourth-order valence-electron chi connectivity index (χ4n) is 1.90. The average Bonchev–Trinajstić information content (AvgIpc) is 3.11. The van der Waals surface area contributed by atoms with Gasteiger partial charge in [-0.2, -0.15) is 0 Å². The summed E-state index contributed by atoms with van der Waals surface area (Å²) in [4.78, 5) is 23.5. The molecular weight excluding hydrogens is 498 g/mol. The molecule has 3 aromatic rings. The summed E-state index contributed by atoms with van der Waals surface area (Å²) in [5.74, 6) is -0.439. The van der Waals surface area contributed by atoms with Crippen LogP contribution in [0, 0.1) is 0 Å². The zero-order chi connectivity index (χ0) is 21.6. The number of aromatic nitrogens is 3. The standard InChI is InChI=1S/C11H8Cl2N2O2S.C6H4Cl2N2S/c1-2-17-11(16)7-5-18-10(14-7)6-3-8(12)15-9(13)4-6;7-4-1-3(6(9)11)2-5(8)10-4/h3-5H,2H2,1H3;1-2H,(H2,9,11). The van der Waals surface area contributed by atoms with E-state index in [1.54, 1.807) is 36.6 Å². The summed E-state index contributed by atoms with van der Waals surface area (Å²) in [6, 6.07) is 6.41. The van der Waals surface area contributed by atoms with Gasteiger partial charge in [-0.1, -0.05) is 58.6 Å². The number of carbonyl (C=O) groups is 1. The van der Waals surface area contributed by atoms with Crippen LogP contribution in [0.25, 0.3) is 10.6 Å². The number of thiazole rings is 1. The van der Waals surface area contributed by atoms with Crippen molar-refractivity contribution in [2.24, 2.45) is 5.73 Å². The summed E-state index contributed by atoms with van der Waals surface area (Å²) in [5.41, 5.74) is 6.97. The maximum absolute atomic E-state index is 11.5. The molecule has 0 atom stereocenters. The minimum atomic E-state index is -0.439. The Morgan fingerprint density at radius 1 is 1.03 bits per heavy atom. The van der Waals surface area contributed by atoms with Crippen LogP contribution < -0.4 is 5.73 Å². The third-order valence-electron chi connectivity index (χ3n) is 3.05. The molecule has 0 bridgehead atoms. The van der Waals surface area contributed by atoms with Crippen LogP contribution in [-0.4, -0.2) is 32.5 Å².